The van der Waals surface area contributed by atoms with Gasteiger partial charge in [0.15, 0.2) is 0 Å². The van der Waals surface area contributed by atoms with Gasteiger partial charge in [-0.3, -0.25) is 0 Å². The molecule has 1 aromatic heterocycles. The molecule has 0 radical (unpaired) electrons. The first-order valence-corrected chi connectivity index (χ1v) is 19.2. The molecule has 1 heterocycles. The van der Waals surface area contributed by atoms with Crippen LogP contribution in [0, 0.1) is 0 Å². The van der Waals surface area contributed by atoms with Crippen LogP contribution in [0.2, 0.25) is 0 Å². The summed E-state index contributed by atoms with van der Waals surface area (Å²) in [5.41, 5.74) is 13.0. The first kappa shape index (κ1) is 32.0. The zero-order chi connectivity index (χ0) is 35.8. The molecule has 0 fully saturated rings. The highest BCUT2D eigenvalue weighted by Gasteiger charge is 2.17. The van der Waals surface area contributed by atoms with Gasteiger partial charge < -0.3 is 4.90 Å². The van der Waals surface area contributed by atoms with Gasteiger partial charge in [-0.25, -0.2) is 0 Å². The summed E-state index contributed by atoms with van der Waals surface area (Å²) in [6.45, 7) is 0. The lowest BCUT2D eigenvalue weighted by molar-refractivity contribution is 1.29. The van der Waals surface area contributed by atoms with Gasteiger partial charge in [-0.15, -0.1) is 11.3 Å². The summed E-state index contributed by atoms with van der Waals surface area (Å²) in [6.07, 6.45) is 0. The van der Waals surface area contributed by atoms with Gasteiger partial charge >= 0.3 is 0 Å². The summed E-state index contributed by atoms with van der Waals surface area (Å²) in [6, 6.07) is 77.2. The number of fused-ring (bicyclic) bond motifs is 4. The molecule has 0 aliphatic rings. The molecule has 54 heavy (non-hydrogen) atoms. The molecule has 9 aromatic carbocycles. The van der Waals surface area contributed by atoms with Crippen LogP contribution in [0.3, 0.4) is 0 Å². The molecule has 2 heteroatoms. The minimum atomic E-state index is 1.11. The van der Waals surface area contributed by atoms with E-state index in [0.717, 1.165) is 17.1 Å². The second kappa shape index (κ2) is 13.7. The summed E-state index contributed by atoms with van der Waals surface area (Å²) >= 11 is 1.86. The largest absolute Gasteiger partial charge is 0.310 e. The summed E-state index contributed by atoms with van der Waals surface area (Å²) in [7, 11) is 0. The monoisotopic (exact) mass is 705 g/mol. The van der Waals surface area contributed by atoms with Crippen molar-refractivity contribution in [2.45, 2.75) is 0 Å². The Bertz CT molecular complexity index is 2870. The summed E-state index contributed by atoms with van der Waals surface area (Å²) in [4.78, 5) is 2.40. The molecule has 0 unspecified atom stereocenters. The van der Waals surface area contributed by atoms with E-state index in [9.17, 15) is 0 Å². The molecule has 0 atom stereocenters. The van der Waals surface area contributed by atoms with Crippen molar-refractivity contribution in [1.29, 1.82) is 0 Å². The van der Waals surface area contributed by atoms with Crippen molar-refractivity contribution in [2.24, 2.45) is 0 Å². The third-order valence-corrected chi connectivity index (χ3v) is 11.5. The van der Waals surface area contributed by atoms with Crippen molar-refractivity contribution >= 4 is 59.3 Å². The van der Waals surface area contributed by atoms with Crippen LogP contribution in [0.25, 0.3) is 75.5 Å². The topological polar surface area (TPSA) is 3.24 Å². The molecule has 0 saturated carbocycles. The van der Waals surface area contributed by atoms with E-state index in [4.69, 9.17) is 0 Å². The Morgan fingerprint density at radius 3 is 1.50 bits per heavy atom. The molecule has 0 spiro atoms. The number of anilines is 3. The van der Waals surface area contributed by atoms with Crippen molar-refractivity contribution in [3.8, 4) is 44.5 Å². The van der Waals surface area contributed by atoms with Crippen molar-refractivity contribution in [3.63, 3.8) is 0 Å². The molecule has 0 aliphatic carbocycles. The third-order valence-electron chi connectivity index (χ3n) is 10.4. The van der Waals surface area contributed by atoms with Gasteiger partial charge in [0.05, 0.1) is 0 Å². The highest BCUT2D eigenvalue weighted by Crippen LogP contribution is 2.42. The lowest BCUT2D eigenvalue weighted by Gasteiger charge is -2.26. The molecule has 10 aromatic rings. The predicted octanol–water partition coefficient (Wildman–Crippen LogP) is 15.3. The van der Waals surface area contributed by atoms with Crippen LogP contribution >= 0.6 is 11.3 Å². The van der Waals surface area contributed by atoms with Crippen LogP contribution in [-0.4, -0.2) is 0 Å². The van der Waals surface area contributed by atoms with Gasteiger partial charge in [-0.05, 0) is 122 Å². The Kier molecular flexibility index (Phi) is 8.09. The van der Waals surface area contributed by atoms with Crippen molar-refractivity contribution in [1.82, 2.24) is 0 Å². The molecule has 0 amide bonds. The van der Waals surface area contributed by atoms with Gasteiger partial charge in [0.25, 0.3) is 0 Å². The smallest absolute Gasteiger partial charge is 0.0476 e. The zero-order valence-electron chi connectivity index (χ0n) is 29.6. The Hall–Kier alpha value is -6.74. The molecule has 0 saturated heterocycles. The Balaban J connectivity index is 1.09. The van der Waals surface area contributed by atoms with E-state index in [1.807, 2.05) is 11.3 Å². The first-order valence-electron chi connectivity index (χ1n) is 18.4. The number of rotatable bonds is 7. The van der Waals surface area contributed by atoms with E-state index in [-0.39, 0.29) is 0 Å². The van der Waals surface area contributed by atoms with Crippen molar-refractivity contribution < 1.29 is 0 Å². The predicted molar refractivity (Wildman–Crippen MR) is 233 cm³/mol. The second-order valence-electron chi connectivity index (χ2n) is 13.8. The fourth-order valence-corrected chi connectivity index (χ4v) is 8.83. The molecule has 0 bridgehead atoms. The third kappa shape index (κ3) is 6.03. The maximum atomic E-state index is 2.40. The van der Waals surface area contributed by atoms with E-state index < -0.39 is 0 Å². The zero-order valence-corrected chi connectivity index (χ0v) is 30.4. The Morgan fingerprint density at radius 2 is 0.778 bits per heavy atom. The van der Waals surface area contributed by atoms with E-state index in [1.54, 1.807) is 0 Å². The number of hydrogen-bond acceptors (Lipinski definition) is 2. The Labute approximate surface area is 319 Å². The fraction of sp³-hybridized carbons (Fsp3) is 0. The minimum Gasteiger partial charge on any atom is -0.310 e. The molecule has 0 N–H and O–H groups in total. The molecular formula is C52H35NS. The van der Waals surface area contributed by atoms with Crippen LogP contribution in [0.5, 0.6) is 0 Å². The van der Waals surface area contributed by atoms with Crippen molar-refractivity contribution in [3.05, 3.63) is 212 Å². The highest BCUT2D eigenvalue weighted by atomic mass is 32.1. The summed E-state index contributed by atoms with van der Waals surface area (Å²) < 4.78 is 2.60. The summed E-state index contributed by atoms with van der Waals surface area (Å²) in [5.74, 6) is 0. The lowest BCUT2D eigenvalue weighted by atomic mass is 9.93. The molecule has 0 aliphatic heterocycles. The molecule has 10 rings (SSSR count). The maximum Gasteiger partial charge on any atom is 0.0476 e. The van der Waals surface area contributed by atoms with Gasteiger partial charge in [-0.1, -0.05) is 146 Å². The number of nitrogens with zero attached hydrogens (tertiary/aromatic N) is 1. The van der Waals surface area contributed by atoms with E-state index in [2.05, 4.69) is 217 Å². The SMILES string of the molecule is c1ccc(-c2cc(-c3ccccc3)cc(-c3ccc(N(c4cccc(-c5ccc6ccccc6c5)c4)c4ccc5c(c4)sc4ccccc45)cc3)c2)cc1. The number of benzene rings is 9. The van der Waals surface area contributed by atoms with Crippen LogP contribution in [0.4, 0.5) is 17.1 Å². The van der Waals surface area contributed by atoms with E-state index in [1.165, 1.54) is 75.5 Å². The van der Waals surface area contributed by atoms with Crippen LogP contribution in [-0.2, 0) is 0 Å². The van der Waals surface area contributed by atoms with Gasteiger partial charge in [0.1, 0.15) is 0 Å². The van der Waals surface area contributed by atoms with Gasteiger partial charge in [-0.2, -0.15) is 0 Å². The summed E-state index contributed by atoms with van der Waals surface area (Å²) in [5, 5.41) is 5.11. The van der Waals surface area contributed by atoms with Crippen LogP contribution < -0.4 is 4.90 Å². The average molecular weight is 706 g/mol. The van der Waals surface area contributed by atoms with Gasteiger partial charge in [0, 0.05) is 37.2 Å². The van der Waals surface area contributed by atoms with Crippen molar-refractivity contribution in [2.75, 3.05) is 4.90 Å². The maximum absolute atomic E-state index is 2.40. The van der Waals surface area contributed by atoms with Crippen LogP contribution in [0.1, 0.15) is 0 Å². The highest BCUT2D eigenvalue weighted by molar-refractivity contribution is 7.25. The lowest BCUT2D eigenvalue weighted by Crippen LogP contribution is -2.10. The number of hydrogen-bond donors (Lipinski definition) is 0. The van der Waals surface area contributed by atoms with E-state index >= 15 is 0 Å². The average Bonchev–Trinajstić information content (AvgIpc) is 3.62. The van der Waals surface area contributed by atoms with E-state index in [0.29, 0.717) is 0 Å². The first-order chi connectivity index (χ1) is 26.7. The van der Waals surface area contributed by atoms with Crippen LogP contribution in [0.15, 0.2) is 212 Å². The second-order valence-corrected chi connectivity index (χ2v) is 14.9. The Morgan fingerprint density at radius 1 is 0.259 bits per heavy atom. The molecule has 1 nitrogen and oxygen atoms in total. The number of thiophene rings is 1. The molecule has 254 valence electrons. The normalized spacial score (nSPS) is 11.3. The fourth-order valence-electron chi connectivity index (χ4n) is 7.69. The quantitative estimate of drug-likeness (QED) is 0.160. The molecular weight excluding hydrogens is 671 g/mol. The minimum absolute atomic E-state index is 1.11. The van der Waals surface area contributed by atoms with Gasteiger partial charge in [0.2, 0.25) is 0 Å². The standard InChI is InChI=1S/C52H35NS/c1-3-12-36(13-4-1)43-31-44(37-14-5-2-6-15-37)33-45(32-43)39-24-26-46(27-25-39)53(48-28-29-50-49-20-9-10-21-51(49)54-52(50)35-48)47-19-11-18-41(34-47)42-23-22-38-16-7-8-17-40(38)30-42/h1-35H.